The summed E-state index contributed by atoms with van der Waals surface area (Å²) in [7, 11) is 0. The lowest BCUT2D eigenvalue weighted by Crippen LogP contribution is -2.42. The summed E-state index contributed by atoms with van der Waals surface area (Å²) in [6.45, 7) is 5.46. The van der Waals surface area contributed by atoms with Gasteiger partial charge in [0.05, 0.1) is 0 Å². The van der Waals surface area contributed by atoms with Crippen molar-refractivity contribution in [2.45, 2.75) is 32.2 Å². The van der Waals surface area contributed by atoms with E-state index in [-0.39, 0.29) is 6.54 Å². The largest absolute Gasteiger partial charge is 0.325 e. The Bertz CT molecular complexity index is 1190. The second kappa shape index (κ2) is 7.87. The zero-order chi connectivity index (χ0) is 22.2. The smallest absolute Gasteiger partial charge is 0.325 e. The van der Waals surface area contributed by atoms with Crippen LogP contribution in [0.1, 0.15) is 37.8 Å². The van der Waals surface area contributed by atoms with Crippen molar-refractivity contribution < 1.29 is 14.4 Å². The van der Waals surface area contributed by atoms with Gasteiger partial charge in [-0.1, -0.05) is 62.4 Å². The third kappa shape index (κ3) is 3.89. The molecular weight excluding hydrogens is 390 g/mol. The lowest BCUT2D eigenvalue weighted by Gasteiger charge is -2.22. The Morgan fingerprint density at radius 2 is 1.74 bits per heavy atom. The number of hydrogen-bond donors (Lipinski definition) is 2. The van der Waals surface area contributed by atoms with Crippen LogP contribution < -0.4 is 10.6 Å². The summed E-state index contributed by atoms with van der Waals surface area (Å²) in [5.41, 5.74) is 1.19. The van der Waals surface area contributed by atoms with E-state index in [1.807, 2.05) is 60.7 Å². The number of nitrogens with one attached hydrogen (secondary N) is 2. The van der Waals surface area contributed by atoms with Crippen LogP contribution in [-0.2, 0) is 15.1 Å². The maximum atomic E-state index is 13.2. The SMILES string of the molecule is CC(C)c1cccc(NC(=O)CN2C(=O)NC(C)(c3ccc4ccccc4c3)C2=O)c1. The van der Waals surface area contributed by atoms with Crippen molar-refractivity contribution in [1.29, 1.82) is 0 Å². The van der Waals surface area contributed by atoms with Gasteiger partial charge in [-0.05, 0) is 52.9 Å². The van der Waals surface area contributed by atoms with Crippen molar-refractivity contribution in [3.05, 3.63) is 77.9 Å². The molecule has 158 valence electrons. The third-order valence-corrected chi connectivity index (χ3v) is 5.74. The van der Waals surface area contributed by atoms with Gasteiger partial charge in [0.1, 0.15) is 12.1 Å². The number of rotatable bonds is 5. The molecule has 3 aromatic carbocycles. The van der Waals surface area contributed by atoms with Crippen LogP contribution in [0.4, 0.5) is 10.5 Å². The topological polar surface area (TPSA) is 78.5 Å². The number of nitrogens with zero attached hydrogens (tertiary/aromatic N) is 1. The molecule has 1 saturated heterocycles. The number of carbonyl (C=O) groups excluding carboxylic acids is 3. The predicted octanol–water partition coefficient (Wildman–Crippen LogP) is 4.37. The van der Waals surface area contributed by atoms with Crippen molar-refractivity contribution in [3.8, 4) is 0 Å². The summed E-state index contributed by atoms with van der Waals surface area (Å²) in [5.74, 6) is -0.545. The predicted molar refractivity (Wildman–Crippen MR) is 121 cm³/mol. The van der Waals surface area contributed by atoms with Crippen LogP contribution in [0.2, 0.25) is 0 Å². The Balaban J connectivity index is 1.52. The first-order valence-corrected chi connectivity index (χ1v) is 10.3. The minimum Gasteiger partial charge on any atom is -0.325 e. The Labute approximate surface area is 181 Å². The number of imide groups is 1. The number of hydrogen-bond acceptors (Lipinski definition) is 3. The lowest BCUT2D eigenvalue weighted by molar-refractivity contribution is -0.133. The molecule has 0 saturated carbocycles. The van der Waals surface area contributed by atoms with Gasteiger partial charge in [0.2, 0.25) is 5.91 Å². The zero-order valence-electron chi connectivity index (χ0n) is 17.8. The molecule has 0 bridgehead atoms. The van der Waals surface area contributed by atoms with Gasteiger partial charge in [-0.2, -0.15) is 0 Å². The molecule has 1 heterocycles. The highest BCUT2D eigenvalue weighted by Gasteiger charge is 2.49. The number of urea groups is 1. The summed E-state index contributed by atoms with van der Waals surface area (Å²) >= 11 is 0. The maximum Gasteiger partial charge on any atom is 0.325 e. The Kier molecular flexibility index (Phi) is 5.23. The van der Waals surface area contributed by atoms with Gasteiger partial charge in [0.25, 0.3) is 5.91 Å². The van der Waals surface area contributed by atoms with Crippen molar-refractivity contribution in [2.24, 2.45) is 0 Å². The quantitative estimate of drug-likeness (QED) is 0.608. The van der Waals surface area contributed by atoms with Crippen molar-refractivity contribution >= 4 is 34.3 Å². The molecule has 4 amide bonds. The van der Waals surface area contributed by atoms with Crippen LogP contribution in [0.5, 0.6) is 0 Å². The number of benzene rings is 3. The van der Waals surface area contributed by atoms with Gasteiger partial charge in [-0.3, -0.25) is 14.5 Å². The van der Waals surface area contributed by atoms with Gasteiger partial charge in [-0.25, -0.2) is 4.79 Å². The lowest BCUT2D eigenvalue weighted by atomic mass is 9.90. The maximum absolute atomic E-state index is 13.2. The van der Waals surface area contributed by atoms with Crippen molar-refractivity contribution in [2.75, 3.05) is 11.9 Å². The Morgan fingerprint density at radius 3 is 2.48 bits per heavy atom. The van der Waals surface area contributed by atoms with Crippen molar-refractivity contribution in [3.63, 3.8) is 0 Å². The molecule has 1 aliphatic rings. The van der Waals surface area contributed by atoms with Gasteiger partial charge in [0, 0.05) is 5.69 Å². The van der Waals surface area contributed by atoms with Crippen LogP contribution in [0.25, 0.3) is 10.8 Å². The first kappa shape index (κ1) is 20.6. The van der Waals surface area contributed by atoms with E-state index in [2.05, 4.69) is 24.5 Å². The highest BCUT2D eigenvalue weighted by Crippen LogP contribution is 2.31. The summed E-state index contributed by atoms with van der Waals surface area (Å²) in [6, 6.07) is 20.4. The molecule has 4 rings (SSSR count). The number of carbonyl (C=O) groups is 3. The molecule has 1 fully saturated rings. The van der Waals surface area contributed by atoms with E-state index in [9.17, 15) is 14.4 Å². The summed E-state index contributed by atoms with van der Waals surface area (Å²) in [5, 5.41) is 7.57. The number of amides is 4. The second-order valence-electron chi connectivity index (χ2n) is 8.34. The molecule has 0 radical (unpaired) electrons. The van der Waals surface area contributed by atoms with Crippen LogP contribution in [-0.4, -0.2) is 29.3 Å². The average molecular weight is 415 g/mol. The van der Waals surface area contributed by atoms with Crippen molar-refractivity contribution in [1.82, 2.24) is 10.2 Å². The van der Waals surface area contributed by atoms with Gasteiger partial charge < -0.3 is 10.6 Å². The number of fused-ring (bicyclic) bond motifs is 1. The van der Waals surface area contributed by atoms with Crippen LogP contribution >= 0.6 is 0 Å². The molecule has 31 heavy (non-hydrogen) atoms. The first-order valence-electron chi connectivity index (χ1n) is 10.3. The average Bonchev–Trinajstić information content (AvgIpc) is 2.97. The molecule has 1 atom stereocenters. The summed E-state index contributed by atoms with van der Waals surface area (Å²) in [6.07, 6.45) is 0. The first-order chi connectivity index (χ1) is 14.8. The van der Waals surface area contributed by atoms with Crippen LogP contribution in [0.3, 0.4) is 0 Å². The fourth-order valence-electron chi connectivity index (χ4n) is 3.86. The molecule has 6 nitrogen and oxygen atoms in total. The van der Waals surface area contributed by atoms with Crippen LogP contribution in [0, 0.1) is 0 Å². The molecule has 3 aromatic rings. The Hall–Kier alpha value is -3.67. The molecule has 0 spiro atoms. The molecule has 2 N–H and O–H groups in total. The van der Waals surface area contributed by atoms with E-state index in [4.69, 9.17) is 0 Å². The molecule has 0 aliphatic carbocycles. The van der Waals surface area contributed by atoms with E-state index < -0.39 is 23.4 Å². The number of anilines is 1. The molecular formula is C25H25N3O3. The highest BCUT2D eigenvalue weighted by atomic mass is 16.2. The molecule has 0 aromatic heterocycles. The van der Waals surface area contributed by atoms with Gasteiger partial charge in [0.15, 0.2) is 0 Å². The van der Waals surface area contributed by atoms with Gasteiger partial charge in [-0.15, -0.1) is 0 Å². The summed E-state index contributed by atoms with van der Waals surface area (Å²) < 4.78 is 0. The summed E-state index contributed by atoms with van der Waals surface area (Å²) in [4.78, 5) is 39.3. The minimum absolute atomic E-state index is 0.324. The minimum atomic E-state index is -1.22. The normalized spacial score (nSPS) is 18.5. The van der Waals surface area contributed by atoms with E-state index in [1.54, 1.807) is 13.0 Å². The highest BCUT2D eigenvalue weighted by molar-refractivity contribution is 6.10. The monoisotopic (exact) mass is 415 g/mol. The van der Waals surface area contributed by atoms with E-state index >= 15 is 0 Å². The van der Waals surface area contributed by atoms with E-state index in [0.29, 0.717) is 17.2 Å². The fraction of sp³-hybridized carbons (Fsp3) is 0.240. The standard InChI is InChI=1S/C25H25N3O3/c1-16(2)18-9-6-10-21(14-18)26-22(29)15-28-23(30)25(3,27-24(28)31)20-12-11-17-7-4-5-8-19(17)13-20/h4-14,16H,15H2,1-3H3,(H,26,29)(H,27,31). The van der Waals surface area contributed by atoms with Crippen LogP contribution in [0.15, 0.2) is 66.7 Å². The molecule has 6 heteroatoms. The fourth-order valence-corrected chi connectivity index (χ4v) is 3.86. The molecule has 1 unspecified atom stereocenters. The third-order valence-electron chi connectivity index (χ3n) is 5.74. The zero-order valence-corrected chi connectivity index (χ0v) is 17.8. The van der Waals surface area contributed by atoms with Gasteiger partial charge >= 0.3 is 6.03 Å². The Morgan fingerprint density at radius 1 is 1.00 bits per heavy atom. The van der Waals surface area contributed by atoms with E-state index in [0.717, 1.165) is 21.2 Å². The molecule has 1 aliphatic heterocycles. The second-order valence-corrected chi connectivity index (χ2v) is 8.34. The van der Waals surface area contributed by atoms with E-state index in [1.165, 1.54) is 0 Å².